The summed E-state index contributed by atoms with van der Waals surface area (Å²) in [6, 6.07) is 13.6. The highest BCUT2D eigenvalue weighted by Crippen LogP contribution is 2.45. The van der Waals surface area contributed by atoms with Crippen LogP contribution in [-0.2, 0) is 12.8 Å². The zero-order valence-corrected chi connectivity index (χ0v) is 11.7. The van der Waals surface area contributed by atoms with Crippen LogP contribution in [0.15, 0.2) is 36.4 Å². The van der Waals surface area contributed by atoms with Crippen LogP contribution in [0.5, 0.6) is 0 Å². The first-order valence-electron chi connectivity index (χ1n) is 6.85. The van der Waals surface area contributed by atoms with Gasteiger partial charge in [0, 0.05) is 17.6 Å². The summed E-state index contributed by atoms with van der Waals surface area (Å²) in [7, 11) is 2.24. The molecule has 2 aliphatic rings. The molecule has 0 fully saturated rings. The first kappa shape index (κ1) is 11.5. The maximum Gasteiger partial charge on any atom is 0.0415 e. The van der Waals surface area contributed by atoms with E-state index in [1.54, 1.807) is 0 Å². The molecule has 4 rings (SSSR count). The SMILES string of the molecule is CN1CCc2cc(Cl)cc3c2[C@@H]1Cc1ccccc1-3. The van der Waals surface area contributed by atoms with Crippen molar-refractivity contribution in [3.05, 3.63) is 58.1 Å². The van der Waals surface area contributed by atoms with Gasteiger partial charge < -0.3 is 0 Å². The van der Waals surface area contributed by atoms with Gasteiger partial charge in [-0.15, -0.1) is 0 Å². The lowest BCUT2D eigenvalue weighted by Gasteiger charge is -2.39. The largest absolute Gasteiger partial charge is 0.299 e. The number of nitrogens with zero attached hydrogens (tertiary/aromatic N) is 1. The molecule has 0 aromatic heterocycles. The molecule has 1 nitrogen and oxygen atoms in total. The molecule has 0 unspecified atom stereocenters. The Kier molecular flexibility index (Phi) is 2.48. The minimum Gasteiger partial charge on any atom is -0.299 e. The lowest BCUT2D eigenvalue weighted by Crippen LogP contribution is -2.35. The fraction of sp³-hybridized carbons (Fsp3) is 0.294. The Hall–Kier alpha value is -1.31. The number of fused-ring (bicyclic) bond motifs is 2. The molecule has 2 aromatic rings. The van der Waals surface area contributed by atoms with Crippen LogP contribution in [0.2, 0.25) is 5.02 Å². The molecular formula is C17H16ClN. The molecule has 1 atom stereocenters. The Morgan fingerprint density at radius 1 is 1.11 bits per heavy atom. The van der Waals surface area contributed by atoms with Crippen LogP contribution < -0.4 is 0 Å². The second kappa shape index (κ2) is 4.09. The smallest absolute Gasteiger partial charge is 0.0415 e. The molecule has 0 radical (unpaired) electrons. The van der Waals surface area contributed by atoms with E-state index in [1.807, 2.05) is 0 Å². The lowest BCUT2D eigenvalue weighted by atomic mass is 9.77. The van der Waals surface area contributed by atoms with Crippen molar-refractivity contribution in [2.75, 3.05) is 13.6 Å². The van der Waals surface area contributed by atoms with Crippen LogP contribution in [0.4, 0.5) is 0 Å². The maximum atomic E-state index is 6.32. The van der Waals surface area contributed by atoms with E-state index in [1.165, 1.54) is 27.8 Å². The molecule has 2 heteroatoms. The van der Waals surface area contributed by atoms with Crippen LogP contribution in [-0.4, -0.2) is 18.5 Å². The third-order valence-corrected chi connectivity index (χ3v) is 4.77. The van der Waals surface area contributed by atoms with Crippen LogP contribution in [0.1, 0.15) is 22.7 Å². The van der Waals surface area contributed by atoms with E-state index in [0.29, 0.717) is 6.04 Å². The van der Waals surface area contributed by atoms with Crippen LogP contribution >= 0.6 is 11.6 Å². The predicted molar refractivity (Wildman–Crippen MR) is 79.7 cm³/mol. The lowest BCUT2D eigenvalue weighted by molar-refractivity contribution is 0.228. The summed E-state index contributed by atoms with van der Waals surface area (Å²) in [5.74, 6) is 0. The highest BCUT2D eigenvalue weighted by Gasteiger charge is 2.32. The molecule has 1 aliphatic carbocycles. The predicted octanol–water partition coefficient (Wildman–Crippen LogP) is 4.09. The third-order valence-electron chi connectivity index (χ3n) is 4.55. The Morgan fingerprint density at radius 2 is 1.95 bits per heavy atom. The maximum absolute atomic E-state index is 6.32. The van der Waals surface area contributed by atoms with Gasteiger partial charge in [0.05, 0.1) is 0 Å². The van der Waals surface area contributed by atoms with Crippen molar-refractivity contribution >= 4 is 11.6 Å². The molecule has 0 saturated carbocycles. The van der Waals surface area contributed by atoms with E-state index < -0.39 is 0 Å². The molecule has 1 aliphatic heterocycles. The second-order valence-electron chi connectivity index (χ2n) is 5.63. The number of benzene rings is 2. The molecule has 19 heavy (non-hydrogen) atoms. The Bertz CT molecular complexity index is 662. The van der Waals surface area contributed by atoms with Gasteiger partial charge in [-0.1, -0.05) is 35.9 Å². The standard InChI is InChI=1S/C17H16ClN/c1-19-7-6-12-8-13(18)10-15-14-5-3-2-4-11(14)9-16(19)17(12)15/h2-5,8,10,16H,6-7,9H2,1H3/t16-/m0/s1. The highest BCUT2D eigenvalue weighted by molar-refractivity contribution is 6.31. The Balaban J connectivity index is 2.05. The van der Waals surface area contributed by atoms with Gasteiger partial charge in [-0.3, -0.25) is 4.90 Å². The molecule has 0 N–H and O–H groups in total. The van der Waals surface area contributed by atoms with Crippen LogP contribution in [0.25, 0.3) is 11.1 Å². The van der Waals surface area contributed by atoms with Gasteiger partial charge in [0.2, 0.25) is 0 Å². The van der Waals surface area contributed by atoms with Gasteiger partial charge in [0.25, 0.3) is 0 Å². The average molecular weight is 270 g/mol. The molecular weight excluding hydrogens is 254 g/mol. The summed E-state index contributed by atoms with van der Waals surface area (Å²) in [5, 5.41) is 0.869. The molecule has 96 valence electrons. The van der Waals surface area contributed by atoms with Crippen molar-refractivity contribution < 1.29 is 0 Å². The van der Waals surface area contributed by atoms with Crippen molar-refractivity contribution in [1.29, 1.82) is 0 Å². The summed E-state index contributed by atoms with van der Waals surface area (Å²) in [6.07, 6.45) is 2.23. The molecule has 0 saturated heterocycles. The van der Waals surface area contributed by atoms with Crippen molar-refractivity contribution in [2.45, 2.75) is 18.9 Å². The van der Waals surface area contributed by atoms with Crippen molar-refractivity contribution in [2.24, 2.45) is 0 Å². The van der Waals surface area contributed by atoms with Gasteiger partial charge >= 0.3 is 0 Å². The number of likely N-dealkylation sites (N-methyl/N-ethyl adjacent to an activating group) is 1. The first-order valence-corrected chi connectivity index (χ1v) is 7.22. The Morgan fingerprint density at radius 3 is 2.84 bits per heavy atom. The van der Waals surface area contributed by atoms with E-state index in [0.717, 1.165) is 24.4 Å². The summed E-state index contributed by atoms with van der Waals surface area (Å²) in [4.78, 5) is 2.48. The normalized spacial score (nSPS) is 20.8. The minimum absolute atomic E-state index is 0.519. The summed E-state index contributed by atoms with van der Waals surface area (Å²) < 4.78 is 0. The van der Waals surface area contributed by atoms with Crippen molar-refractivity contribution in [3.63, 3.8) is 0 Å². The van der Waals surface area contributed by atoms with Crippen LogP contribution in [0, 0.1) is 0 Å². The van der Waals surface area contributed by atoms with Crippen molar-refractivity contribution in [3.8, 4) is 11.1 Å². The van der Waals surface area contributed by atoms with E-state index in [4.69, 9.17) is 11.6 Å². The fourth-order valence-electron chi connectivity index (χ4n) is 3.60. The first-order chi connectivity index (χ1) is 9.24. The zero-order valence-electron chi connectivity index (χ0n) is 11.0. The zero-order chi connectivity index (χ0) is 13.0. The molecule has 0 spiro atoms. The van der Waals surface area contributed by atoms with E-state index in [9.17, 15) is 0 Å². The highest BCUT2D eigenvalue weighted by atomic mass is 35.5. The quantitative estimate of drug-likeness (QED) is 0.696. The van der Waals surface area contributed by atoms with Gasteiger partial charge in [0.1, 0.15) is 0 Å². The minimum atomic E-state index is 0.519. The summed E-state index contributed by atoms with van der Waals surface area (Å²) in [5.41, 5.74) is 7.12. The molecule has 2 aromatic carbocycles. The van der Waals surface area contributed by atoms with E-state index in [-0.39, 0.29) is 0 Å². The fourth-order valence-corrected chi connectivity index (χ4v) is 3.84. The Labute approximate surface area is 118 Å². The van der Waals surface area contributed by atoms with Gasteiger partial charge in [-0.05, 0) is 59.8 Å². The second-order valence-corrected chi connectivity index (χ2v) is 6.07. The number of hydrogen-bond acceptors (Lipinski definition) is 1. The number of halogens is 1. The topological polar surface area (TPSA) is 3.24 Å². The number of rotatable bonds is 0. The molecule has 0 amide bonds. The van der Waals surface area contributed by atoms with Gasteiger partial charge in [-0.25, -0.2) is 0 Å². The number of hydrogen-bond donors (Lipinski definition) is 0. The van der Waals surface area contributed by atoms with Crippen molar-refractivity contribution in [1.82, 2.24) is 4.90 Å². The monoisotopic (exact) mass is 269 g/mol. The average Bonchev–Trinajstić information content (AvgIpc) is 2.42. The third kappa shape index (κ3) is 1.65. The van der Waals surface area contributed by atoms with Gasteiger partial charge in [0.15, 0.2) is 0 Å². The van der Waals surface area contributed by atoms with Gasteiger partial charge in [-0.2, -0.15) is 0 Å². The summed E-state index contributed by atoms with van der Waals surface area (Å²) >= 11 is 6.32. The van der Waals surface area contributed by atoms with Crippen LogP contribution in [0.3, 0.4) is 0 Å². The summed E-state index contributed by atoms with van der Waals surface area (Å²) in [6.45, 7) is 1.12. The van der Waals surface area contributed by atoms with E-state index in [2.05, 4.69) is 48.3 Å². The molecule has 1 heterocycles. The molecule has 0 bridgehead atoms. The van der Waals surface area contributed by atoms with E-state index >= 15 is 0 Å².